The molecule has 0 aromatic heterocycles. The molecule has 0 bridgehead atoms. The van der Waals surface area contributed by atoms with Crippen LogP contribution in [0, 0.1) is 0 Å². The van der Waals surface area contributed by atoms with Gasteiger partial charge in [-0.05, 0) is 32.0 Å². The lowest BCUT2D eigenvalue weighted by Gasteiger charge is -2.05. The maximum absolute atomic E-state index is 11.7. The SMILES string of the molecule is CC(C)=CCNC(=O)c1cc(O)ccc1Cl. The highest BCUT2D eigenvalue weighted by Gasteiger charge is 2.09. The Kier molecular flexibility index (Phi) is 4.38. The molecule has 0 aliphatic carbocycles. The smallest absolute Gasteiger partial charge is 0.253 e. The summed E-state index contributed by atoms with van der Waals surface area (Å²) in [5, 5.41) is 12.3. The van der Waals surface area contributed by atoms with Crippen molar-refractivity contribution in [3.05, 3.63) is 40.4 Å². The van der Waals surface area contributed by atoms with Crippen molar-refractivity contribution in [1.82, 2.24) is 5.32 Å². The van der Waals surface area contributed by atoms with Gasteiger partial charge in [-0.15, -0.1) is 0 Å². The number of nitrogens with one attached hydrogen (secondary N) is 1. The van der Waals surface area contributed by atoms with Crippen LogP contribution in [0.2, 0.25) is 5.02 Å². The van der Waals surface area contributed by atoms with E-state index in [4.69, 9.17) is 11.6 Å². The Labute approximate surface area is 99.7 Å². The molecule has 0 heterocycles. The van der Waals surface area contributed by atoms with Crippen LogP contribution in [0.25, 0.3) is 0 Å². The Balaban J connectivity index is 2.73. The van der Waals surface area contributed by atoms with Crippen molar-refractivity contribution >= 4 is 17.5 Å². The minimum absolute atomic E-state index is 0.0248. The van der Waals surface area contributed by atoms with Crippen LogP contribution in [0.4, 0.5) is 0 Å². The number of halogens is 1. The number of carbonyl (C=O) groups is 1. The third-order valence-corrected chi connectivity index (χ3v) is 2.30. The van der Waals surface area contributed by atoms with Crippen LogP contribution >= 0.6 is 11.6 Å². The number of amides is 1. The molecule has 0 aliphatic rings. The van der Waals surface area contributed by atoms with Crippen LogP contribution in [0.15, 0.2) is 29.8 Å². The minimum atomic E-state index is -0.293. The van der Waals surface area contributed by atoms with Crippen LogP contribution in [-0.4, -0.2) is 17.6 Å². The number of hydrogen-bond donors (Lipinski definition) is 2. The quantitative estimate of drug-likeness (QED) is 0.797. The van der Waals surface area contributed by atoms with Gasteiger partial charge in [0.25, 0.3) is 5.91 Å². The number of phenolic OH excluding ortho intramolecular Hbond substituents is 1. The second-order valence-electron chi connectivity index (χ2n) is 3.66. The average molecular weight is 240 g/mol. The van der Waals surface area contributed by atoms with Crippen LogP contribution < -0.4 is 5.32 Å². The van der Waals surface area contributed by atoms with Crippen molar-refractivity contribution < 1.29 is 9.90 Å². The summed E-state index contributed by atoms with van der Waals surface area (Å²) < 4.78 is 0. The van der Waals surface area contributed by atoms with Crippen molar-refractivity contribution in [1.29, 1.82) is 0 Å². The molecule has 4 heteroatoms. The van der Waals surface area contributed by atoms with Gasteiger partial charge in [-0.2, -0.15) is 0 Å². The lowest BCUT2D eigenvalue weighted by atomic mass is 10.2. The molecule has 3 nitrogen and oxygen atoms in total. The van der Waals surface area contributed by atoms with Gasteiger partial charge in [0, 0.05) is 6.54 Å². The van der Waals surface area contributed by atoms with E-state index in [2.05, 4.69) is 5.32 Å². The van der Waals surface area contributed by atoms with Crippen molar-refractivity contribution in [3.63, 3.8) is 0 Å². The van der Waals surface area contributed by atoms with Gasteiger partial charge < -0.3 is 10.4 Å². The first-order valence-corrected chi connectivity index (χ1v) is 5.28. The molecule has 0 fully saturated rings. The number of allylic oxidation sites excluding steroid dienone is 1. The maximum atomic E-state index is 11.7. The Morgan fingerprint density at radius 3 is 2.81 bits per heavy atom. The third-order valence-electron chi connectivity index (χ3n) is 1.97. The predicted octanol–water partition coefficient (Wildman–Crippen LogP) is 2.74. The molecule has 16 heavy (non-hydrogen) atoms. The topological polar surface area (TPSA) is 49.3 Å². The molecule has 0 aliphatic heterocycles. The summed E-state index contributed by atoms with van der Waals surface area (Å²) in [4.78, 5) is 11.7. The summed E-state index contributed by atoms with van der Waals surface area (Å²) in [6.07, 6.45) is 1.90. The van der Waals surface area contributed by atoms with E-state index >= 15 is 0 Å². The number of aromatic hydroxyl groups is 1. The van der Waals surface area contributed by atoms with Gasteiger partial charge in [0.2, 0.25) is 0 Å². The molecule has 0 atom stereocenters. The van der Waals surface area contributed by atoms with Gasteiger partial charge in [0.15, 0.2) is 0 Å². The largest absolute Gasteiger partial charge is 0.508 e. The Bertz CT molecular complexity index is 423. The van der Waals surface area contributed by atoms with Crippen molar-refractivity contribution in [2.45, 2.75) is 13.8 Å². The average Bonchev–Trinajstić information content (AvgIpc) is 2.21. The van der Waals surface area contributed by atoms with Gasteiger partial charge >= 0.3 is 0 Å². The van der Waals surface area contributed by atoms with Gasteiger partial charge in [0.05, 0.1) is 10.6 Å². The Morgan fingerprint density at radius 2 is 2.19 bits per heavy atom. The molecule has 0 saturated carbocycles. The van der Waals surface area contributed by atoms with E-state index in [1.807, 2.05) is 19.9 Å². The van der Waals surface area contributed by atoms with E-state index in [1.165, 1.54) is 18.2 Å². The first kappa shape index (κ1) is 12.6. The zero-order valence-electron chi connectivity index (χ0n) is 9.25. The zero-order chi connectivity index (χ0) is 12.1. The summed E-state index contributed by atoms with van der Waals surface area (Å²) in [6, 6.07) is 4.28. The molecule has 1 aromatic rings. The van der Waals surface area contributed by atoms with E-state index in [0.717, 1.165) is 5.57 Å². The van der Waals surface area contributed by atoms with Crippen LogP contribution in [-0.2, 0) is 0 Å². The molecule has 0 spiro atoms. The van der Waals surface area contributed by atoms with E-state index < -0.39 is 0 Å². The summed E-state index contributed by atoms with van der Waals surface area (Å²) in [5.74, 6) is -0.268. The molecule has 0 unspecified atom stereocenters. The first-order valence-electron chi connectivity index (χ1n) is 4.91. The van der Waals surface area contributed by atoms with E-state index in [1.54, 1.807) is 0 Å². The first-order chi connectivity index (χ1) is 7.50. The number of hydrogen-bond acceptors (Lipinski definition) is 2. The summed E-state index contributed by atoms with van der Waals surface area (Å²) >= 11 is 5.85. The maximum Gasteiger partial charge on any atom is 0.253 e. The third kappa shape index (κ3) is 3.59. The summed E-state index contributed by atoms with van der Waals surface area (Å²) in [5.41, 5.74) is 1.41. The lowest BCUT2D eigenvalue weighted by molar-refractivity contribution is 0.0957. The fraction of sp³-hybridized carbons (Fsp3) is 0.250. The molecule has 86 valence electrons. The zero-order valence-corrected chi connectivity index (χ0v) is 10.0. The molecule has 1 amide bonds. The fourth-order valence-electron chi connectivity index (χ4n) is 1.13. The lowest BCUT2D eigenvalue weighted by Crippen LogP contribution is -2.23. The molecule has 0 radical (unpaired) electrons. The van der Waals surface area contributed by atoms with Gasteiger partial charge in [-0.1, -0.05) is 23.3 Å². The number of phenols is 1. The molecule has 1 aromatic carbocycles. The standard InChI is InChI=1S/C12H14ClNO2/c1-8(2)5-6-14-12(16)10-7-9(15)3-4-11(10)13/h3-5,7,15H,6H2,1-2H3,(H,14,16). The second kappa shape index (κ2) is 5.56. The number of benzene rings is 1. The minimum Gasteiger partial charge on any atom is -0.508 e. The highest BCUT2D eigenvalue weighted by molar-refractivity contribution is 6.33. The normalized spacial score (nSPS) is 9.69. The monoisotopic (exact) mass is 239 g/mol. The number of rotatable bonds is 3. The van der Waals surface area contributed by atoms with Crippen LogP contribution in [0.1, 0.15) is 24.2 Å². The highest BCUT2D eigenvalue weighted by Crippen LogP contribution is 2.20. The van der Waals surface area contributed by atoms with E-state index in [0.29, 0.717) is 11.6 Å². The molecule has 1 rings (SSSR count). The van der Waals surface area contributed by atoms with Crippen molar-refractivity contribution in [2.75, 3.05) is 6.54 Å². The van der Waals surface area contributed by atoms with E-state index in [-0.39, 0.29) is 17.2 Å². The summed E-state index contributed by atoms with van der Waals surface area (Å²) in [6.45, 7) is 4.36. The van der Waals surface area contributed by atoms with Gasteiger partial charge in [0.1, 0.15) is 5.75 Å². The fourth-order valence-corrected chi connectivity index (χ4v) is 1.33. The Morgan fingerprint density at radius 1 is 1.50 bits per heavy atom. The highest BCUT2D eigenvalue weighted by atomic mass is 35.5. The van der Waals surface area contributed by atoms with Crippen LogP contribution in [0.5, 0.6) is 5.75 Å². The van der Waals surface area contributed by atoms with Gasteiger partial charge in [-0.3, -0.25) is 4.79 Å². The van der Waals surface area contributed by atoms with Crippen molar-refractivity contribution in [3.8, 4) is 5.75 Å². The van der Waals surface area contributed by atoms with E-state index in [9.17, 15) is 9.90 Å². The Hall–Kier alpha value is -1.48. The molecule has 0 saturated heterocycles. The molecular formula is C12H14ClNO2. The predicted molar refractivity (Wildman–Crippen MR) is 64.9 cm³/mol. The van der Waals surface area contributed by atoms with Crippen LogP contribution in [0.3, 0.4) is 0 Å². The summed E-state index contributed by atoms with van der Waals surface area (Å²) in [7, 11) is 0. The van der Waals surface area contributed by atoms with Crippen molar-refractivity contribution in [2.24, 2.45) is 0 Å². The number of carbonyl (C=O) groups excluding carboxylic acids is 1. The van der Waals surface area contributed by atoms with Gasteiger partial charge in [-0.25, -0.2) is 0 Å². The molecule has 2 N–H and O–H groups in total. The second-order valence-corrected chi connectivity index (χ2v) is 4.06. The molecular weight excluding hydrogens is 226 g/mol.